The topological polar surface area (TPSA) is 87.5 Å². The van der Waals surface area contributed by atoms with Crippen LogP contribution in [-0.2, 0) is 30.9 Å². The van der Waals surface area contributed by atoms with E-state index in [9.17, 15) is 14.2 Å². The van der Waals surface area contributed by atoms with Gasteiger partial charge in [0.25, 0.3) is 0 Å². The van der Waals surface area contributed by atoms with Crippen molar-refractivity contribution in [3.8, 4) is 0 Å². The van der Waals surface area contributed by atoms with E-state index in [1.54, 1.807) is 20.8 Å². The van der Waals surface area contributed by atoms with Crippen molar-refractivity contribution in [2.24, 2.45) is 7.05 Å². The zero-order valence-electron chi connectivity index (χ0n) is 19.7. The molecule has 1 aliphatic carbocycles. The molecular weight excluding hydrogens is 415 g/mol. The van der Waals surface area contributed by atoms with E-state index in [1.165, 1.54) is 26.2 Å². The van der Waals surface area contributed by atoms with Gasteiger partial charge in [-0.25, -0.2) is 4.98 Å². The minimum Gasteiger partial charge on any atom is -0.331 e. The van der Waals surface area contributed by atoms with Gasteiger partial charge in [-0.05, 0) is 65.2 Å². The Morgan fingerprint density at radius 2 is 1.87 bits per heavy atom. The third kappa shape index (κ3) is 5.33. The fourth-order valence-corrected chi connectivity index (χ4v) is 5.49. The number of Topliss-reactive ketones (excluding diaryl/α,β-unsaturated/α-hetero) is 1. The van der Waals surface area contributed by atoms with E-state index in [4.69, 9.17) is 14.0 Å². The molecule has 1 unspecified atom stereocenters. The van der Waals surface area contributed by atoms with Gasteiger partial charge in [-0.3, -0.25) is 14.2 Å². The number of imidazole rings is 1. The lowest BCUT2D eigenvalue weighted by Crippen LogP contribution is -2.33. The maximum Gasteiger partial charge on any atom is 0.340 e. The number of fused-ring (bicyclic) bond motifs is 1. The van der Waals surface area contributed by atoms with Crippen molar-refractivity contribution in [3.05, 3.63) is 29.1 Å². The van der Waals surface area contributed by atoms with E-state index < -0.39 is 13.3 Å². The number of rotatable bonds is 8. The van der Waals surface area contributed by atoms with Gasteiger partial charge >= 0.3 is 7.60 Å². The summed E-state index contributed by atoms with van der Waals surface area (Å²) < 4.78 is 24.1. The van der Waals surface area contributed by atoms with E-state index in [1.807, 2.05) is 19.1 Å². The normalized spacial score (nSPS) is 16.2. The molecule has 2 aromatic rings. The van der Waals surface area contributed by atoms with Crippen molar-refractivity contribution < 1.29 is 23.2 Å². The Hall–Kier alpha value is -1.82. The summed E-state index contributed by atoms with van der Waals surface area (Å²) in [4.78, 5) is 26.8. The van der Waals surface area contributed by atoms with Crippen LogP contribution in [0.4, 0.5) is 0 Å². The molecule has 0 bridgehead atoms. The van der Waals surface area contributed by atoms with Crippen molar-refractivity contribution in [3.63, 3.8) is 0 Å². The average Bonchev–Trinajstić information content (AvgIpc) is 3.01. The zero-order chi connectivity index (χ0) is 23.4. The number of nitrogens with zero attached hydrogens (tertiary/aromatic N) is 2. The quantitative estimate of drug-likeness (QED) is 0.397. The van der Waals surface area contributed by atoms with Gasteiger partial charge in [-0.1, -0.05) is 13.3 Å². The highest BCUT2D eigenvalue weighted by Crippen LogP contribution is 2.53. The summed E-state index contributed by atoms with van der Waals surface area (Å²) in [5, 5.41) is 0. The predicted molar refractivity (Wildman–Crippen MR) is 123 cm³/mol. The second kappa shape index (κ2) is 10.2. The molecule has 1 heterocycles. The third-order valence-corrected chi connectivity index (χ3v) is 8.62. The molecule has 3 rings (SSSR count). The highest BCUT2D eigenvalue weighted by molar-refractivity contribution is 7.55. The molecule has 1 fully saturated rings. The van der Waals surface area contributed by atoms with Crippen LogP contribution >= 0.6 is 7.60 Å². The van der Waals surface area contributed by atoms with Crippen molar-refractivity contribution in [2.45, 2.75) is 71.9 Å². The fraction of sp³-hybridized carbons (Fsp3) is 0.609. The number of carbonyl (C=O) groups is 2. The lowest BCUT2D eigenvalue weighted by atomic mass is 9.70. The van der Waals surface area contributed by atoms with Gasteiger partial charge < -0.3 is 13.6 Å². The minimum atomic E-state index is -3.22. The number of hydrogen-bond donors (Lipinski definition) is 0. The first kappa shape index (κ1) is 25.4. The van der Waals surface area contributed by atoms with Gasteiger partial charge in [-0.2, -0.15) is 0 Å². The Labute approximate surface area is 185 Å². The zero-order valence-corrected chi connectivity index (χ0v) is 20.6. The predicted octanol–water partition coefficient (Wildman–Crippen LogP) is 5.37. The summed E-state index contributed by atoms with van der Waals surface area (Å²) in [6.45, 7) is 11.2. The highest BCUT2D eigenvalue weighted by atomic mass is 31.2. The number of aldehydes is 1. The van der Waals surface area contributed by atoms with E-state index in [-0.39, 0.29) is 24.4 Å². The molecule has 172 valence electrons. The molecule has 0 spiro atoms. The summed E-state index contributed by atoms with van der Waals surface area (Å²) in [6, 6.07) is 3.97. The number of hydrogen-bond acceptors (Lipinski definition) is 6. The second-order valence-corrected chi connectivity index (χ2v) is 10.8. The summed E-state index contributed by atoms with van der Waals surface area (Å²) in [5.74, 6) is 0.983. The summed E-state index contributed by atoms with van der Waals surface area (Å²) >= 11 is 0. The van der Waals surface area contributed by atoms with Crippen LogP contribution in [0.5, 0.6) is 0 Å². The van der Waals surface area contributed by atoms with Crippen molar-refractivity contribution in [2.75, 3.05) is 13.2 Å². The molecule has 0 N–H and O–H groups in total. The summed E-state index contributed by atoms with van der Waals surface area (Å²) in [6.07, 6.45) is 4.64. The van der Waals surface area contributed by atoms with Crippen molar-refractivity contribution in [1.82, 2.24) is 9.55 Å². The van der Waals surface area contributed by atoms with Crippen LogP contribution in [0.15, 0.2) is 12.1 Å². The molecule has 0 radical (unpaired) electrons. The van der Waals surface area contributed by atoms with Crippen LogP contribution < -0.4 is 0 Å². The van der Waals surface area contributed by atoms with Crippen LogP contribution in [0, 0.1) is 6.92 Å². The van der Waals surface area contributed by atoms with Gasteiger partial charge in [0.1, 0.15) is 23.6 Å². The summed E-state index contributed by atoms with van der Waals surface area (Å²) in [5.41, 5.74) is 3.38. The molecule has 0 aliphatic heterocycles. The number of aryl methyl sites for hydroxylation is 2. The maximum absolute atomic E-state index is 11.9. The molecular formula is C23H35N2O5P. The first-order chi connectivity index (χ1) is 14.5. The molecule has 8 heteroatoms. The molecule has 0 amide bonds. The van der Waals surface area contributed by atoms with Crippen molar-refractivity contribution >= 4 is 30.7 Å². The van der Waals surface area contributed by atoms with E-state index in [2.05, 4.69) is 18.5 Å². The molecule has 0 saturated heterocycles. The Morgan fingerprint density at radius 1 is 1.29 bits per heavy atom. The third-order valence-electron chi connectivity index (χ3n) is 6.07. The maximum atomic E-state index is 11.9. The molecule has 1 atom stereocenters. The smallest absolute Gasteiger partial charge is 0.331 e. The number of carbonyl (C=O) groups excluding carboxylic acids is 2. The monoisotopic (exact) mass is 450 g/mol. The van der Waals surface area contributed by atoms with Gasteiger partial charge in [0, 0.05) is 18.0 Å². The highest BCUT2D eigenvalue weighted by Gasteiger charge is 2.38. The molecule has 31 heavy (non-hydrogen) atoms. The van der Waals surface area contributed by atoms with E-state index >= 15 is 0 Å². The van der Waals surface area contributed by atoms with Crippen LogP contribution in [0.3, 0.4) is 0 Å². The Balaban J connectivity index is 0.000000235. The second-order valence-electron chi connectivity index (χ2n) is 8.39. The average molecular weight is 451 g/mol. The fourth-order valence-electron chi connectivity index (χ4n) is 3.80. The molecule has 7 nitrogen and oxygen atoms in total. The standard InChI is InChI=1S/C15H18N2O.C8H17O4P/c1-10-7-12-13(8-11(10)9-18)17(3)14(16-12)15(2)5-4-6-15;1-5-11-13(10,12-6-2)8(4)7(3)9/h7-9H,4-6H2,1-3H3;8H,5-6H2,1-4H3. The van der Waals surface area contributed by atoms with E-state index in [0.717, 1.165) is 34.3 Å². The van der Waals surface area contributed by atoms with Crippen LogP contribution in [0.25, 0.3) is 11.0 Å². The minimum absolute atomic E-state index is 0.176. The van der Waals surface area contributed by atoms with Gasteiger partial charge in [-0.15, -0.1) is 0 Å². The lowest BCUT2D eigenvalue weighted by Gasteiger charge is -2.37. The first-order valence-electron chi connectivity index (χ1n) is 10.8. The molecule has 1 aliphatic rings. The Bertz CT molecular complexity index is 984. The molecule has 1 saturated carbocycles. The van der Waals surface area contributed by atoms with Crippen LogP contribution in [0.1, 0.15) is 75.6 Å². The number of aromatic nitrogens is 2. The SMILES string of the molecule is CCOP(=O)(OCC)C(C)C(C)=O.Cc1cc2nc(C3(C)CCC3)n(C)c2cc1C=O. The Kier molecular flexibility index (Phi) is 8.37. The van der Waals surface area contributed by atoms with Gasteiger partial charge in [0.15, 0.2) is 0 Å². The largest absolute Gasteiger partial charge is 0.340 e. The number of ketones is 1. The van der Waals surface area contributed by atoms with Crippen LogP contribution in [0.2, 0.25) is 0 Å². The lowest BCUT2D eigenvalue weighted by molar-refractivity contribution is -0.116. The molecule has 1 aromatic heterocycles. The van der Waals surface area contributed by atoms with E-state index in [0.29, 0.717) is 0 Å². The first-order valence-corrected chi connectivity index (χ1v) is 12.5. The Morgan fingerprint density at radius 3 is 2.29 bits per heavy atom. The number of benzene rings is 1. The van der Waals surface area contributed by atoms with Gasteiger partial charge in [0.2, 0.25) is 0 Å². The van der Waals surface area contributed by atoms with Gasteiger partial charge in [0.05, 0.1) is 24.2 Å². The molecule has 1 aromatic carbocycles. The van der Waals surface area contributed by atoms with Crippen LogP contribution in [-0.4, -0.2) is 40.5 Å². The van der Waals surface area contributed by atoms with Crippen molar-refractivity contribution in [1.29, 1.82) is 0 Å². The summed E-state index contributed by atoms with van der Waals surface area (Å²) in [7, 11) is -1.16.